The molecule has 0 atom stereocenters. The van der Waals surface area contributed by atoms with Gasteiger partial charge in [0.25, 0.3) is 0 Å². The van der Waals surface area contributed by atoms with Crippen molar-refractivity contribution in [2.45, 2.75) is 13.5 Å². The van der Waals surface area contributed by atoms with E-state index in [-0.39, 0.29) is 0 Å². The van der Waals surface area contributed by atoms with Crippen LogP contribution in [0.25, 0.3) is 5.00 Å². The fourth-order valence-corrected chi connectivity index (χ4v) is 3.24. The highest BCUT2D eigenvalue weighted by molar-refractivity contribution is 7.13. The molecule has 0 amide bonds. The predicted molar refractivity (Wildman–Crippen MR) is 86.1 cm³/mol. The first kappa shape index (κ1) is 13.2. The van der Waals surface area contributed by atoms with Gasteiger partial charge in [0.2, 0.25) is 6.79 Å². The molecule has 0 saturated heterocycles. The van der Waals surface area contributed by atoms with Crippen LogP contribution >= 0.6 is 11.3 Å². The maximum atomic E-state index is 5.44. The second-order valence-electron chi connectivity index (χ2n) is 5.13. The average Bonchev–Trinajstić information content (AvgIpc) is 3.25. The number of rotatable bonds is 4. The van der Waals surface area contributed by atoms with E-state index in [1.165, 1.54) is 11.1 Å². The molecule has 2 aromatic heterocycles. The summed E-state index contributed by atoms with van der Waals surface area (Å²) in [6.07, 6.45) is 5.53. The van der Waals surface area contributed by atoms with E-state index in [2.05, 4.69) is 28.7 Å². The van der Waals surface area contributed by atoms with E-state index < -0.39 is 0 Å². The maximum Gasteiger partial charge on any atom is 0.231 e. The third-order valence-corrected chi connectivity index (χ3v) is 4.60. The first-order chi connectivity index (χ1) is 10.8. The van der Waals surface area contributed by atoms with E-state index in [4.69, 9.17) is 9.47 Å². The van der Waals surface area contributed by atoms with Gasteiger partial charge in [-0.05, 0) is 36.2 Å². The van der Waals surface area contributed by atoms with Crippen molar-refractivity contribution in [1.82, 2.24) is 9.55 Å². The molecule has 22 heavy (non-hydrogen) atoms. The van der Waals surface area contributed by atoms with E-state index in [0.717, 1.165) is 28.7 Å². The fraction of sp³-hybridized carbons (Fsp3) is 0.188. The molecule has 0 aliphatic carbocycles. The number of nitrogens with one attached hydrogen (secondary N) is 1. The summed E-state index contributed by atoms with van der Waals surface area (Å²) in [5.74, 6) is 1.66. The fourth-order valence-electron chi connectivity index (χ4n) is 2.42. The van der Waals surface area contributed by atoms with Gasteiger partial charge in [0.1, 0.15) is 5.00 Å². The lowest BCUT2D eigenvalue weighted by atomic mass is 10.1. The highest BCUT2D eigenvalue weighted by Crippen LogP contribution is 2.35. The van der Waals surface area contributed by atoms with Crippen molar-refractivity contribution in [3.8, 4) is 16.5 Å². The summed E-state index contributed by atoms with van der Waals surface area (Å²) in [6, 6.07) is 6.20. The molecule has 0 bridgehead atoms. The van der Waals surface area contributed by atoms with Crippen LogP contribution in [-0.2, 0) is 6.54 Å². The number of nitrogens with zero attached hydrogens (tertiary/aromatic N) is 2. The van der Waals surface area contributed by atoms with Crippen LogP contribution in [0.2, 0.25) is 0 Å². The van der Waals surface area contributed by atoms with Gasteiger partial charge < -0.3 is 14.8 Å². The van der Waals surface area contributed by atoms with E-state index in [1.54, 1.807) is 23.9 Å². The van der Waals surface area contributed by atoms with Crippen LogP contribution in [0.1, 0.15) is 11.1 Å². The van der Waals surface area contributed by atoms with Crippen molar-refractivity contribution in [1.29, 1.82) is 0 Å². The summed E-state index contributed by atoms with van der Waals surface area (Å²) in [6.45, 7) is 3.15. The van der Waals surface area contributed by atoms with E-state index in [0.29, 0.717) is 6.79 Å². The first-order valence-corrected chi connectivity index (χ1v) is 7.87. The SMILES string of the molecule is Cc1cc2c(cc1CNc1csc(-n3ccnc3)c1)OCO2. The summed E-state index contributed by atoms with van der Waals surface area (Å²) in [5.41, 5.74) is 3.51. The highest BCUT2D eigenvalue weighted by atomic mass is 32.1. The lowest BCUT2D eigenvalue weighted by Crippen LogP contribution is -2.00. The number of hydrogen-bond donors (Lipinski definition) is 1. The number of benzene rings is 1. The van der Waals surface area contributed by atoms with Gasteiger partial charge >= 0.3 is 0 Å². The van der Waals surface area contributed by atoms with Gasteiger partial charge in [0.15, 0.2) is 11.5 Å². The Kier molecular flexibility index (Phi) is 3.23. The number of aryl methyl sites for hydroxylation is 1. The van der Waals surface area contributed by atoms with Crippen LogP contribution in [0, 0.1) is 6.92 Å². The molecule has 1 aromatic carbocycles. The lowest BCUT2D eigenvalue weighted by Gasteiger charge is -2.09. The Morgan fingerprint density at radius 2 is 2.14 bits per heavy atom. The number of imidazole rings is 1. The van der Waals surface area contributed by atoms with E-state index in [9.17, 15) is 0 Å². The smallest absolute Gasteiger partial charge is 0.231 e. The molecule has 3 aromatic rings. The standard InChI is InChI=1S/C16H15N3O2S/c1-11-4-14-15(21-10-20-14)5-12(11)7-18-13-6-16(22-8-13)19-3-2-17-9-19/h2-6,8-9,18H,7,10H2,1H3. The molecular formula is C16H15N3O2S. The van der Waals surface area contributed by atoms with Crippen LogP contribution in [0.15, 0.2) is 42.3 Å². The van der Waals surface area contributed by atoms with Gasteiger partial charge in [-0.25, -0.2) is 4.98 Å². The van der Waals surface area contributed by atoms with Gasteiger partial charge in [0, 0.05) is 30.0 Å². The third kappa shape index (κ3) is 2.42. The summed E-state index contributed by atoms with van der Waals surface area (Å²) < 4.78 is 12.8. The Morgan fingerprint density at radius 1 is 1.27 bits per heavy atom. The molecule has 6 heteroatoms. The molecule has 112 valence electrons. The molecule has 1 aliphatic heterocycles. The molecule has 1 N–H and O–H groups in total. The molecule has 3 heterocycles. The Bertz CT molecular complexity index is 796. The van der Waals surface area contributed by atoms with Crippen LogP contribution in [0.5, 0.6) is 11.5 Å². The second kappa shape index (κ2) is 5.38. The van der Waals surface area contributed by atoms with Gasteiger partial charge in [-0.3, -0.25) is 4.57 Å². The van der Waals surface area contributed by atoms with Crippen LogP contribution in [0.3, 0.4) is 0 Å². The largest absolute Gasteiger partial charge is 0.454 e. The second-order valence-corrected chi connectivity index (χ2v) is 6.02. The number of aromatic nitrogens is 2. The van der Waals surface area contributed by atoms with Crippen LogP contribution in [0.4, 0.5) is 5.69 Å². The van der Waals surface area contributed by atoms with Crippen molar-refractivity contribution >= 4 is 17.0 Å². The zero-order valence-electron chi connectivity index (χ0n) is 12.1. The Balaban J connectivity index is 1.49. The molecule has 0 spiro atoms. The molecule has 0 unspecified atom stereocenters. The average molecular weight is 313 g/mol. The summed E-state index contributed by atoms with van der Waals surface area (Å²) >= 11 is 1.68. The zero-order valence-corrected chi connectivity index (χ0v) is 12.9. The zero-order chi connectivity index (χ0) is 14.9. The number of hydrogen-bond acceptors (Lipinski definition) is 5. The topological polar surface area (TPSA) is 48.3 Å². The highest BCUT2D eigenvalue weighted by Gasteiger charge is 2.15. The Morgan fingerprint density at radius 3 is 2.95 bits per heavy atom. The minimum Gasteiger partial charge on any atom is -0.454 e. The molecule has 0 radical (unpaired) electrons. The van der Waals surface area contributed by atoms with Crippen LogP contribution in [-0.4, -0.2) is 16.3 Å². The number of ether oxygens (including phenoxy) is 2. The number of thiophene rings is 1. The Hall–Kier alpha value is -2.47. The van der Waals surface area contributed by atoms with Crippen molar-refractivity contribution in [2.24, 2.45) is 0 Å². The van der Waals surface area contributed by atoms with E-state index in [1.807, 2.05) is 22.9 Å². The van der Waals surface area contributed by atoms with Gasteiger partial charge in [0.05, 0.1) is 6.33 Å². The van der Waals surface area contributed by atoms with Crippen molar-refractivity contribution in [3.63, 3.8) is 0 Å². The van der Waals surface area contributed by atoms with Gasteiger partial charge in [-0.15, -0.1) is 11.3 Å². The lowest BCUT2D eigenvalue weighted by molar-refractivity contribution is 0.174. The minimum absolute atomic E-state index is 0.310. The van der Waals surface area contributed by atoms with Crippen molar-refractivity contribution in [2.75, 3.05) is 12.1 Å². The first-order valence-electron chi connectivity index (χ1n) is 6.99. The van der Waals surface area contributed by atoms with E-state index >= 15 is 0 Å². The predicted octanol–water partition coefficient (Wildman–Crippen LogP) is 3.58. The van der Waals surface area contributed by atoms with Crippen LogP contribution < -0.4 is 14.8 Å². The molecule has 4 rings (SSSR count). The molecule has 0 saturated carbocycles. The molecule has 0 fully saturated rings. The molecular weight excluding hydrogens is 298 g/mol. The number of anilines is 1. The Labute approximate surface area is 132 Å². The summed E-state index contributed by atoms with van der Waals surface area (Å²) in [4.78, 5) is 4.07. The van der Waals surface area contributed by atoms with Gasteiger partial charge in [-0.1, -0.05) is 0 Å². The van der Waals surface area contributed by atoms with Gasteiger partial charge in [-0.2, -0.15) is 0 Å². The molecule has 1 aliphatic rings. The quantitative estimate of drug-likeness (QED) is 0.800. The van der Waals surface area contributed by atoms with Crippen molar-refractivity contribution < 1.29 is 9.47 Å². The number of fused-ring (bicyclic) bond motifs is 1. The summed E-state index contributed by atoms with van der Waals surface area (Å²) in [5, 5.41) is 6.71. The minimum atomic E-state index is 0.310. The molecule has 5 nitrogen and oxygen atoms in total. The monoisotopic (exact) mass is 313 g/mol. The maximum absolute atomic E-state index is 5.44. The van der Waals surface area contributed by atoms with Crippen molar-refractivity contribution in [3.05, 3.63) is 53.4 Å². The third-order valence-electron chi connectivity index (χ3n) is 3.66. The normalized spacial score (nSPS) is 12.6. The summed E-state index contributed by atoms with van der Waals surface area (Å²) in [7, 11) is 0.